The molecule has 0 saturated carbocycles. The molecule has 0 fully saturated rings. The number of hydrogen-bond donors (Lipinski definition) is 0. The number of carbonyl (C=O) groups is 1. The highest BCUT2D eigenvalue weighted by Crippen LogP contribution is 2.12. The third-order valence-electron chi connectivity index (χ3n) is 2.84. The summed E-state index contributed by atoms with van der Waals surface area (Å²) < 4.78 is 5.44. The summed E-state index contributed by atoms with van der Waals surface area (Å²) in [7, 11) is 0. The number of benzene rings is 2. The van der Waals surface area contributed by atoms with Crippen molar-refractivity contribution >= 4 is 17.4 Å². The Kier molecular flexibility index (Phi) is 4.72. The van der Waals surface area contributed by atoms with Crippen LogP contribution in [0.15, 0.2) is 48.5 Å². The Bertz CT molecular complexity index is 578. The Morgan fingerprint density at radius 1 is 1.16 bits per heavy atom. The molecule has 2 nitrogen and oxygen atoms in total. The molecule has 0 aromatic heterocycles. The van der Waals surface area contributed by atoms with Crippen molar-refractivity contribution in [3.63, 3.8) is 0 Å². The molecule has 0 saturated heterocycles. The Hall–Kier alpha value is -1.64. The average molecular weight is 275 g/mol. The molecule has 0 amide bonds. The van der Waals surface area contributed by atoms with Crippen LogP contribution in [0.3, 0.4) is 0 Å². The first-order valence-electron chi connectivity index (χ1n) is 6.08. The molecule has 0 aliphatic carbocycles. The molecule has 0 spiro atoms. The van der Waals surface area contributed by atoms with Gasteiger partial charge in [0, 0.05) is 10.6 Å². The van der Waals surface area contributed by atoms with Gasteiger partial charge in [-0.05, 0) is 30.2 Å². The van der Waals surface area contributed by atoms with E-state index in [2.05, 4.69) is 0 Å². The van der Waals surface area contributed by atoms with Gasteiger partial charge in [0.15, 0.2) is 5.78 Å². The Labute approximate surface area is 118 Å². The fourth-order valence-electron chi connectivity index (χ4n) is 1.85. The largest absolute Gasteiger partial charge is 0.369 e. The van der Waals surface area contributed by atoms with E-state index in [4.69, 9.17) is 16.3 Å². The van der Waals surface area contributed by atoms with Crippen LogP contribution in [0.5, 0.6) is 0 Å². The smallest absolute Gasteiger partial charge is 0.188 e. The third-order valence-corrected chi connectivity index (χ3v) is 3.07. The maximum absolute atomic E-state index is 12.0. The van der Waals surface area contributed by atoms with Crippen LogP contribution in [-0.4, -0.2) is 12.4 Å². The quantitative estimate of drug-likeness (QED) is 0.769. The summed E-state index contributed by atoms with van der Waals surface area (Å²) >= 11 is 5.88. The van der Waals surface area contributed by atoms with Gasteiger partial charge in [-0.25, -0.2) is 0 Å². The summed E-state index contributed by atoms with van der Waals surface area (Å²) in [6.45, 7) is 2.39. The fourth-order valence-corrected chi connectivity index (χ4v) is 2.06. The van der Waals surface area contributed by atoms with Gasteiger partial charge in [-0.3, -0.25) is 4.79 Å². The molecule has 0 bridgehead atoms. The number of halogens is 1. The molecular formula is C16H15ClO2. The number of hydrogen-bond acceptors (Lipinski definition) is 2. The minimum atomic E-state index is 0.000119. The maximum Gasteiger partial charge on any atom is 0.188 e. The third kappa shape index (κ3) is 3.91. The van der Waals surface area contributed by atoms with Gasteiger partial charge >= 0.3 is 0 Å². The van der Waals surface area contributed by atoms with Gasteiger partial charge in [0.2, 0.25) is 0 Å². The van der Waals surface area contributed by atoms with Crippen molar-refractivity contribution in [1.29, 1.82) is 0 Å². The lowest BCUT2D eigenvalue weighted by molar-refractivity contribution is 0.0726. The summed E-state index contributed by atoms with van der Waals surface area (Å²) in [5.74, 6) is 0.000119. The van der Waals surface area contributed by atoms with Crippen LogP contribution in [0.1, 0.15) is 21.5 Å². The lowest BCUT2D eigenvalue weighted by Crippen LogP contribution is -2.10. The molecule has 98 valence electrons. The number of Topliss-reactive ketones (excluding diaryl/α,β-unsaturated/α-hetero) is 1. The highest BCUT2D eigenvalue weighted by molar-refractivity contribution is 6.30. The molecule has 0 radical (unpaired) electrons. The van der Waals surface area contributed by atoms with Crippen LogP contribution in [0.4, 0.5) is 0 Å². The molecule has 2 aromatic carbocycles. The van der Waals surface area contributed by atoms with Crippen LogP contribution in [0.2, 0.25) is 5.02 Å². The monoisotopic (exact) mass is 274 g/mol. The molecule has 2 rings (SSSR count). The van der Waals surface area contributed by atoms with Gasteiger partial charge in [0.25, 0.3) is 0 Å². The van der Waals surface area contributed by atoms with Gasteiger partial charge in [-0.1, -0.05) is 48.0 Å². The first-order valence-corrected chi connectivity index (χ1v) is 6.45. The topological polar surface area (TPSA) is 26.3 Å². The zero-order valence-corrected chi connectivity index (χ0v) is 11.5. The van der Waals surface area contributed by atoms with E-state index in [0.29, 0.717) is 17.2 Å². The summed E-state index contributed by atoms with van der Waals surface area (Å²) in [6, 6.07) is 14.9. The molecule has 0 aliphatic heterocycles. The zero-order chi connectivity index (χ0) is 13.7. The van der Waals surface area contributed by atoms with Crippen molar-refractivity contribution in [3.8, 4) is 0 Å². The van der Waals surface area contributed by atoms with Gasteiger partial charge in [-0.2, -0.15) is 0 Å². The van der Waals surface area contributed by atoms with Gasteiger partial charge in [0.1, 0.15) is 6.61 Å². The van der Waals surface area contributed by atoms with E-state index in [1.807, 2.05) is 55.5 Å². The standard InChI is InChI=1S/C16H15ClO2/c1-12-5-2-3-8-15(12)16(18)11-19-10-13-6-4-7-14(17)9-13/h2-9H,10-11H2,1H3. The van der Waals surface area contributed by atoms with Gasteiger partial charge < -0.3 is 4.74 Å². The van der Waals surface area contributed by atoms with Crippen LogP contribution < -0.4 is 0 Å². The Morgan fingerprint density at radius 3 is 2.68 bits per heavy atom. The second kappa shape index (κ2) is 6.50. The van der Waals surface area contributed by atoms with E-state index in [1.54, 1.807) is 0 Å². The fraction of sp³-hybridized carbons (Fsp3) is 0.188. The van der Waals surface area contributed by atoms with Crippen molar-refractivity contribution in [1.82, 2.24) is 0 Å². The van der Waals surface area contributed by atoms with Crippen LogP contribution in [0, 0.1) is 6.92 Å². The average Bonchev–Trinajstić information content (AvgIpc) is 2.39. The summed E-state index contributed by atoms with van der Waals surface area (Å²) in [5.41, 5.74) is 2.65. The van der Waals surface area contributed by atoms with Gasteiger partial charge in [-0.15, -0.1) is 0 Å². The van der Waals surface area contributed by atoms with Crippen LogP contribution in [0.25, 0.3) is 0 Å². The molecule has 0 N–H and O–H groups in total. The summed E-state index contributed by atoms with van der Waals surface area (Å²) in [4.78, 5) is 12.0. The second-order valence-electron chi connectivity index (χ2n) is 4.36. The molecule has 2 aromatic rings. The van der Waals surface area contributed by atoms with E-state index < -0.39 is 0 Å². The van der Waals surface area contributed by atoms with Gasteiger partial charge in [0.05, 0.1) is 6.61 Å². The van der Waals surface area contributed by atoms with E-state index >= 15 is 0 Å². The lowest BCUT2D eigenvalue weighted by Gasteiger charge is -2.06. The molecule has 0 atom stereocenters. The molecular weight excluding hydrogens is 260 g/mol. The van der Waals surface area contributed by atoms with Crippen LogP contribution >= 0.6 is 11.6 Å². The number of rotatable bonds is 5. The Morgan fingerprint density at radius 2 is 1.95 bits per heavy atom. The van der Waals surface area contributed by atoms with Crippen molar-refractivity contribution < 1.29 is 9.53 Å². The predicted octanol–water partition coefficient (Wildman–Crippen LogP) is 4.05. The number of ether oxygens (including phenoxy) is 1. The van der Waals surface area contributed by atoms with Crippen molar-refractivity contribution in [2.75, 3.05) is 6.61 Å². The molecule has 0 unspecified atom stereocenters. The van der Waals surface area contributed by atoms with Crippen molar-refractivity contribution in [2.24, 2.45) is 0 Å². The first kappa shape index (κ1) is 13.8. The maximum atomic E-state index is 12.0. The zero-order valence-electron chi connectivity index (χ0n) is 10.7. The van der Waals surface area contributed by atoms with Crippen molar-refractivity contribution in [2.45, 2.75) is 13.5 Å². The second-order valence-corrected chi connectivity index (χ2v) is 4.80. The highest BCUT2D eigenvalue weighted by Gasteiger charge is 2.08. The first-order chi connectivity index (χ1) is 9.16. The summed E-state index contributed by atoms with van der Waals surface area (Å²) in [5, 5.41) is 0.673. The van der Waals surface area contributed by atoms with E-state index in [1.165, 1.54) is 0 Å². The normalized spacial score (nSPS) is 10.4. The number of ketones is 1. The molecule has 19 heavy (non-hydrogen) atoms. The van der Waals surface area contributed by atoms with E-state index in [0.717, 1.165) is 11.1 Å². The van der Waals surface area contributed by atoms with Crippen LogP contribution in [-0.2, 0) is 11.3 Å². The predicted molar refractivity (Wildman–Crippen MR) is 76.6 cm³/mol. The van der Waals surface area contributed by atoms with E-state index in [9.17, 15) is 4.79 Å². The highest BCUT2D eigenvalue weighted by atomic mass is 35.5. The van der Waals surface area contributed by atoms with Crippen molar-refractivity contribution in [3.05, 3.63) is 70.2 Å². The summed E-state index contributed by atoms with van der Waals surface area (Å²) in [6.07, 6.45) is 0. The molecule has 3 heteroatoms. The Balaban J connectivity index is 1.90. The van der Waals surface area contributed by atoms with E-state index in [-0.39, 0.29) is 12.4 Å². The number of carbonyl (C=O) groups excluding carboxylic acids is 1. The minimum absolute atomic E-state index is 0.000119. The SMILES string of the molecule is Cc1ccccc1C(=O)COCc1cccc(Cl)c1. The molecule has 0 aliphatic rings. The minimum Gasteiger partial charge on any atom is -0.369 e. The lowest BCUT2D eigenvalue weighted by atomic mass is 10.1. The molecule has 0 heterocycles. The number of aryl methyl sites for hydroxylation is 1.